The third-order valence-corrected chi connectivity index (χ3v) is 5.74. The van der Waals surface area contributed by atoms with Crippen LogP contribution in [-0.4, -0.2) is 16.3 Å². The molecule has 114 valence electrons. The van der Waals surface area contributed by atoms with E-state index in [2.05, 4.69) is 0 Å². The van der Waals surface area contributed by atoms with Gasteiger partial charge in [-0.25, -0.2) is 22.0 Å². The van der Waals surface area contributed by atoms with Gasteiger partial charge in [0.15, 0.2) is 29.1 Å². The number of thioether (sulfide) groups is 1. The maximum Gasteiger partial charge on any atom is 0.200 e. The van der Waals surface area contributed by atoms with Crippen LogP contribution < -0.4 is 0 Å². The topological polar surface area (TPSA) is 17.1 Å². The van der Waals surface area contributed by atoms with Crippen molar-refractivity contribution in [3.8, 4) is 0 Å². The summed E-state index contributed by atoms with van der Waals surface area (Å²) in [6, 6.07) is 0. The van der Waals surface area contributed by atoms with Crippen molar-refractivity contribution < 1.29 is 26.7 Å². The molecule has 1 nitrogen and oxygen atoms in total. The molecule has 2 bridgehead atoms. The molecule has 0 N–H and O–H groups in total. The third-order valence-electron chi connectivity index (χ3n) is 4.12. The lowest BCUT2D eigenvalue weighted by Gasteiger charge is -2.26. The Kier molecular flexibility index (Phi) is 3.71. The zero-order chi connectivity index (χ0) is 15.3. The van der Waals surface area contributed by atoms with Crippen molar-refractivity contribution in [1.29, 1.82) is 0 Å². The van der Waals surface area contributed by atoms with Crippen molar-refractivity contribution >= 4 is 17.5 Å². The van der Waals surface area contributed by atoms with Gasteiger partial charge in [0.1, 0.15) is 0 Å². The van der Waals surface area contributed by atoms with Gasteiger partial charge in [0.05, 0.1) is 5.56 Å². The van der Waals surface area contributed by atoms with Crippen LogP contribution in [0.1, 0.15) is 36.0 Å². The molecule has 2 unspecified atom stereocenters. The molecule has 0 aliphatic carbocycles. The molecular formula is C14H11F5OS. The van der Waals surface area contributed by atoms with E-state index in [-0.39, 0.29) is 10.5 Å². The smallest absolute Gasteiger partial charge is 0.200 e. The summed E-state index contributed by atoms with van der Waals surface area (Å²) >= 11 is 1.74. The van der Waals surface area contributed by atoms with Crippen LogP contribution in [0.15, 0.2) is 0 Å². The van der Waals surface area contributed by atoms with Gasteiger partial charge in [-0.1, -0.05) is 0 Å². The van der Waals surface area contributed by atoms with Crippen molar-refractivity contribution in [2.24, 2.45) is 5.92 Å². The average molecular weight is 322 g/mol. The average Bonchev–Trinajstić information content (AvgIpc) is 2.81. The number of hydrogen-bond donors (Lipinski definition) is 0. The van der Waals surface area contributed by atoms with Gasteiger partial charge in [-0.15, -0.1) is 0 Å². The van der Waals surface area contributed by atoms with Crippen LogP contribution in [0.5, 0.6) is 0 Å². The summed E-state index contributed by atoms with van der Waals surface area (Å²) in [5, 5.41) is 0.470. The van der Waals surface area contributed by atoms with Gasteiger partial charge in [-0.3, -0.25) is 4.79 Å². The summed E-state index contributed by atoms with van der Waals surface area (Å²) in [7, 11) is 0. The molecule has 1 aromatic carbocycles. The minimum absolute atomic E-state index is 0.235. The second-order valence-corrected chi connectivity index (χ2v) is 7.04. The molecule has 2 atom stereocenters. The summed E-state index contributed by atoms with van der Waals surface area (Å²) in [6.45, 7) is 0. The van der Waals surface area contributed by atoms with E-state index in [0.717, 1.165) is 12.8 Å². The summed E-state index contributed by atoms with van der Waals surface area (Å²) in [6.07, 6.45) is 2.71. The van der Waals surface area contributed by atoms with Crippen LogP contribution in [0.25, 0.3) is 0 Å². The highest BCUT2D eigenvalue weighted by molar-refractivity contribution is 8.00. The first-order valence-electron chi connectivity index (χ1n) is 6.61. The molecule has 21 heavy (non-hydrogen) atoms. The SMILES string of the molecule is O=C(c1c(F)c(F)c(F)c(F)c1F)C1CC2CCC(C1)S2. The molecule has 0 radical (unpaired) electrons. The first-order valence-corrected chi connectivity index (χ1v) is 7.55. The van der Waals surface area contributed by atoms with Gasteiger partial charge in [-0.2, -0.15) is 11.8 Å². The van der Waals surface area contributed by atoms with Crippen LogP contribution >= 0.6 is 11.8 Å². The molecule has 2 saturated heterocycles. The number of benzene rings is 1. The molecular weight excluding hydrogens is 311 g/mol. The minimum atomic E-state index is -2.24. The maximum atomic E-state index is 13.7. The van der Waals surface area contributed by atoms with Crippen molar-refractivity contribution in [1.82, 2.24) is 0 Å². The van der Waals surface area contributed by atoms with Gasteiger partial charge in [0.25, 0.3) is 0 Å². The second kappa shape index (κ2) is 5.26. The highest BCUT2D eigenvalue weighted by Gasteiger charge is 2.40. The van der Waals surface area contributed by atoms with E-state index in [0.29, 0.717) is 12.8 Å². The number of ketones is 1. The highest BCUT2D eigenvalue weighted by Crippen LogP contribution is 2.47. The number of carbonyl (C=O) groups excluding carboxylic acids is 1. The van der Waals surface area contributed by atoms with Gasteiger partial charge in [0.2, 0.25) is 5.82 Å². The van der Waals surface area contributed by atoms with Gasteiger partial charge < -0.3 is 0 Å². The quantitative estimate of drug-likeness (QED) is 0.351. The van der Waals surface area contributed by atoms with Crippen LogP contribution in [0.2, 0.25) is 0 Å². The maximum absolute atomic E-state index is 13.7. The zero-order valence-corrected chi connectivity index (χ0v) is 11.6. The first-order chi connectivity index (χ1) is 9.90. The minimum Gasteiger partial charge on any atom is -0.294 e. The lowest BCUT2D eigenvalue weighted by Crippen LogP contribution is -2.27. The highest BCUT2D eigenvalue weighted by atomic mass is 32.2. The normalized spacial score (nSPS) is 28.0. The molecule has 0 amide bonds. The Labute approximate surface area is 121 Å². The van der Waals surface area contributed by atoms with E-state index < -0.39 is 46.4 Å². The lowest BCUT2D eigenvalue weighted by molar-refractivity contribution is 0.0894. The number of halogens is 5. The number of fused-ring (bicyclic) bond motifs is 2. The Balaban J connectivity index is 1.99. The molecule has 2 aliphatic rings. The van der Waals surface area contributed by atoms with Gasteiger partial charge in [-0.05, 0) is 25.7 Å². The van der Waals surface area contributed by atoms with Crippen LogP contribution in [0.4, 0.5) is 22.0 Å². The van der Waals surface area contributed by atoms with E-state index in [4.69, 9.17) is 0 Å². The van der Waals surface area contributed by atoms with Gasteiger partial charge in [0, 0.05) is 16.4 Å². The number of carbonyl (C=O) groups is 1. The molecule has 2 fully saturated rings. The van der Waals surface area contributed by atoms with Crippen molar-refractivity contribution in [3.05, 3.63) is 34.6 Å². The van der Waals surface area contributed by atoms with E-state index in [1.807, 2.05) is 0 Å². The number of hydrogen-bond acceptors (Lipinski definition) is 2. The van der Waals surface area contributed by atoms with Gasteiger partial charge >= 0.3 is 0 Å². The summed E-state index contributed by atoms with van der Waals surface area (Å²) in [5.74, 6) is -12.1. The first kappa shape index (κ1) is 14.8. The van der Waals surface area contributed by atoms with E-state index >= 15 is 0 Å². The molecule has 0 spiro atoms. The van der Waals surface area contributed by atoms with E-state index in [9.17, 15) is 26.7 Å². The Morgan fingerprint density at radius 2 is 1.24 bits per heavy atom. The Morgan fingerprint density at radius 1 is 0.810 bits per heavy atom. The Hall–Kier alpha value is -1.11. The molecule has 7 heteroatoms. The Bertz CT molecular complexity index is 577. The number of Topliss-reactive ketones (excluding diaryl/α,β-unsaturated/α-hetero) is 1. The van der Waals surface area contributed by atoms with Crippen LogP contribution in [-0.2, 0) is 0 Å². The molecule has 3 rings (SSSR count). The van der Waals surface area contributed by atoms with Crippen LogP contribution in [0, 0.1) is 35.0 Å². The fraction of sp³-hybridized carbons (Fsp3) is 0.500. The lowest BCUT2D eigenvalue weighted by atomic mass is 9.89. The monoisotopic (exact) mass is 322 g/mol. The predicted molar refractivity (Wildman–Crippen MR) is 67.7 cm³/mol. The predicted octanol–water partition coefficient (Wildman–Crippen LogP) is 4.24. The molecule has 2 heterocycles. The van der Waals surface area contributed by atoms with Crippen molar-refractivity contribution in [2.45, 2.75) is 36.2 Å². The van der Waals surface area contributed by atoms with E-state index in [1.54, 1.807) is 11.8 Å². The third kappa shape index (κ3) is 2.35. The van der Waals surface area contributed by atoms with Crippen molar-refractivity contribution in [2.75, 3.05) is 0 Å². The Morgan fingerprint density at radius 3 is 1.71 bits per heavy atom. The summed E-state index contributed by atoms with van der Waals surface area (Å²) in [5.41, 5.74) is -1.29. The number of rotatable bonds is 2. The molecule has 0 saturated carbocycles. The standard InChI is InChI=1S/C14H11F5OS/c15-9-8(10(16)12(18)13(19)11(9)17)14(20)5-3-6-1-2-7(4-5)21-6/h5-7H,1-4H2. The summed E-state index contributed by atoms with van der Waals surface area (Å²) in [4.78, 5) is 12.2. The largest absolute Gasteiger partial charge is 0.294 e. The molecule has 1 aromatic rings. The fourth-order valence-electron chi connectivity index (χ4n) is 3.10. The van der Waals surface area contributed by atoms with Crippen LogP contribution in [0.3, 0.4) is 0 Å². The molecule has 2 aliphatic heterocycles. The summed E-state index contributed by atoms with van der Waals surface area (Å²) < 4.78 is 66.7. The second-order valence-electron chi connectivity index (χ2n) is 5.43. The van der Waals surface area contributed by atoms with E-state index in [1.165, 1.54) is 0 Å². The molecule has 0 aromatic heterocycles. The fourth-order valence-corrected chi connectivity index (χ4v) is 4.87. The zero-order valence-electron chi connectivity index (χ0n) is 10.8. The van der Waals surface area contributed by atoms with Crippen molar-refractivity contribution in [3.63, 3.8) is 0 Å².